The standard InChI is InChI=1S/C12H18N2O5S/c1-3-9(7-15)14-20(17,18)11-5-4-8(6-10(11)13)12(16)19-2/h4-6,9,14-15H,3,7,13H2,1-2H3/t9-/m0/s1. The molecule has 0 spiro atoms. The van der Waals surface area contributed by atoms with Gasteiger partial charge in [0.15, 0.2) is 0 Å². The first-order valence-corrected chi connectivity index (χ1v) is 7.45. The molecule has 0 aliphatic rings. The lowest BCUT2D eigenvalue weighted by Gasteiger charge is -2.15. The Bertz CT molecular complexity index is 582. The maximum absolute atomic E-state index is 12.1. The molecule has 0 amide bonds. The van der Waals surface area contributed by atoms with Gasteiger partial charge in [0.2, 0.25) is 10.0 Å². The number of carbonyl (C=O) groups is 1. The van der Waals surface area contributed by atoms with E-state index in [0.29, 0.717) is 6.42 Å². The Morgan fingerprint density at radius 3 is 2.60 bits per heavy atom. The van der Waals surface area contributed by atoms with Gasteiger partial charge in [-0.3, -0.25) is 0 Å². The minimum absolute atomic E-state index is 0.0619. The van der Waals surface area contributed by atoms with Crippen molar-refractivity contribution >= 4 is 21.7 Å². The largest absolute Gasteiger partial charge is 0.465 e. The Morgan fingerprint density at radius 2 is 2.15 bits per heavy atom. The lowest BCUT2D eigenvalue weighted by molar-refractivity contribution is 0.0600. The summed E-state index contributed by atoms with van der Waals surface area (Å²) in [6.45, 7) is 1.43. The zero-order valence-electron chi connectivity index (χ0n) is 11.3. The van der Waals surface area contributed by atoms with Crippen LogP contribution >= 0.6 is 0 Å². The molecule has 1 aromatic carbocycles. The Balaban J connectivity index is 3.11. The molecule has 0 heterocycles. The highest BCUT2D eigenvalue weighted by atomic mass is 32.2. The van der Waals surface area contributed by atoms with Crippen LogP contribution in [0.15, 0.2) is 23.1 Å². The molecule has 8 heteroatoms. The van der Waals surface area contributed by atoms with E-state index in [4.69, 9.17) is 10.8 Å². The van der Waals surface area contributed by atoms with E-state index in [1.54, 1.807) is 6.92 Å². The number of ether oxygens (including phenoxy) is 1. The van der Waals surface area contributed by atoms with Crippen LogP contribution in [-0.4, -0.2) is 39.3 Å². The number of nitrogens with one attached hydrogen (secondary N) is 1. The van der Waals surface area contributed by atoms with Gasteiger partial charge < -0.3 is 15.6 Å². The van der Waals surface area contributed by atoms with Crippen LogP contribution in [-0.2, 0) is 14.8 Å². The van der Waals surface area contributed by atoms with Crippen LogP contribution < -0.4 is 10.5 Å². The monoisotopic (exact) mass is 302 g/mol. The summed E-state index contributed by atoms with van der Waals surface area (Å²) in [5.41, 5.74) is 5.77. The van der Waals surface area contributed by atoms with Crippen LogP contribution in [0.25, 0.3) is 0 Å². The molecule has 0 aliphatic heterocycles. The fourth-order valence-electron chi connectivity index (χ4n) is 1.57. The highest BCUT2D eigenvalue weighted by Crippen LogP contribution is 2.20. The normalized spacial score (nSPS) is 12.9. The van der Waals surface area contributed by atoms with E-state index >= 15 is 0 Å². The molecule has 7 nitrogen and oxygen atoms in total. The number of hydrogen-bond acceptors (Lipinski definition) is 6. The van der Waals surface area contributed by atoms with E-state index in [9.17, 15) is 13.2 Å². The summed E-state index contributed by atoms with van der Waals surface area (Å²) in [6, 6.07) is 3.20. The molecule has 0 fully saturated rings. The molecule has 0 radical (unpaired) electrons. The predicted molar refractivity (Wildman–Crippen MR) is 73.7 cm³/mol. The molecule has 0 unspecified atom stereocenters. The van der Waals surface area contributed by atoms with E-state index in [2.05, 4.69) is 9.46 Å². The number of benzene rings is 1. The van der Waals surface area contributed by atoms with Crippen molar-refractivity contribution in [1.82, 2.24) is 4.72 Å². The minimum atomic E-state index is -3.85. The third-order valence-electron chi connectivity index (χ3n) is 2.76. The van der Waals surface area contributed by atoms with Crippen molar-refractivity contribution < 1.29 is 23.1 Å². The number of sulfonamides is 1. The van der Waals surface area contributed by atoms with E-state index < -0.39 is 22.0 Å². The second-order valence-electron chi connectivity index (χ2n) is 4.15. The van der Waals surface area contributed by atoms with Gasteiger partial charge in [0.05, 0.1) is 25.0 Å². The average molecular weight is 302 g/mol. The molecule has 0 saturated heterocycles. The molecular formula is C12H18N2O5S. The molecule has 1 aromatic rings. The van der Waals surface area contributed by atoms with Crippen molar-refractivity contribution in [1.29, 1.82) is 0 Å². The second-order valence-corrected chi connectivity index (χ2v) is 5.84. The fraction of sp³-hybridized carbons (Fsp3) is 0.417. The number of esters is 1. The number of methoxy groups -OCH3 is 1. The number of aliphatic hydroxyl groups excluding tert-OH is 1. The maximum Gasteiger partial charge on any atom is 0.337 e. The molecule has 1 atom stereocenters. The average Bonchev–Trinajstić information content (AvgIpc) is 2.43. The van der Waals surface area contributed by atoms with Gasteiger partial charge in [0.1, 0.15) is 4.90 Å². The smallest absolute Gasteiger partial charge is 0.337 e. The van der Waals surface area contributed by atoms with Gasteiger partial charge in [-0.2, -0.15) is 0 Å². The summed E-state index contributed by atoms with van der Waals surface area (Å²) < 4.78 is 31.1. The van der Waals surface area contributed by atoms with Gasteiger partial charge in [-0.05, 0) is 24.6 Å². The molecule has 20 heavy (non-hydrogen) atoms. The van der Waals surface area contributed by atoms with Crippen LogP contribution in [0.2, 0.25) is 0 Å². The zero-order valence-corrected chi connectivity index (χ0v) is 12.1. The minimum Gasteiger partial charge on any atom is -0.465 e. The first-order chi connectivity index (χ1) is 9.35. The summed E-state index contributed by atoms with van der Waals surface area (Å²) in [5, 5.41) is 9.03. The van der Waals surface area contributed by atoms with Gasteiger partial charge in [0.25, 0.3) is 0 Å². The molecule has 112 valence electrons. The van der Waals surface area contributed by atoms with Crippen LogP contribution in [0, 0.1) is 0 Å². The highest BCUT2D eigenvalue weighted by Gasteiger charge is 2.22. The van der Waals surface area contributed by atoms with Crippen molar-refractivity contribution in [3.05, 3.63) is 23.8 Å². The highest BCUT2D eigenvalue weighted by molar-refractivity contribution is 7.89. The maximum atomic E-state index is 12.1. The lowest BCUT2D eigenvalue weighted by Crippen LogP contribution is -2.37. The molecule has 0 bridgehead atoms. The number of nitrogens with two attached hydrogens (primary N) is 1. The van der Waals surface area contributed by atoms with Crippen molar-refractivity contribution in [3.63, 3.8) is 0 Å². The van der Waals surface area contributed by atoms with E-state index in [0.717, 1.165) is 0 Å². The van der Waals surface area contributed by atoms with Gasteiger partial charge in [-0.15, -0.1) is 0 Å². The first-order valence-electron chi connectivity index (χ1n) is 5.96. The van der Waals surface area contributed by atoms with Crippen LogP contribution in [0.5, 0.6) is 0 Å². The van der Waals surface area contributed by atoms with Gasteiger partial charge in [-0.25, -0.2) is 17.9 Å². The number of aliphatic hydroxyl groups is 1. The van der Waals surface area contributed by atoms with Gasteiger partial charge in [-0.1, -0.05) is 6.92 Å². The van der Waals surface area contributed by atoms with Crippen LogP contribution in [0.3, 0.4) is 0 Å². The van der Waals surface area contributed by atoms with Crippen molar-refractivity contribution in [2.45, 2.75) is 24.3 Å². The molecular weight excluding hydrogens is 284 g/mol. The Kier molecular flexibility index (Phi) is 5.49. The van der Waals surface area contributed by atoms with E-state index in [-0.39, 0.29) is 22.8 Å². The number of nitrogen functional groups attached to an aromatic ring is 1. The quantitative estimate of drug-likeness (QED) is 0.507. The molecule has 4 N–H and O–H groups in total. The number of carbonyl (C=O) groups excluding carboxylic acids is 1. The zero-order chi connectivity index (χ0) is 15.3. The Labute approximate surface area is 117 Å². The Morgan fingerprint density at radius 1 is 1.50 bits per heavy atom. The summed E-state index contributed by atoms with van der Waals surface area (Å²) in [6.07, 6.45) is 0.440. The fourth-order valence-corrected chi connectivity index (χ4v) is 2.99. The van der Waals surface area contributed by atoms with Gasteiger partial charge in [0, 0.05) is 6.04 Å². The molecule has 0 aliphatic carbocycles. The summed E-state index contributed by atoms with van der Waals surface area (Å²) >= 11 is 0. The third kappa shape index (κ3) is 3.69. The predicted octanol–water partition coefficient (Wildman–Crippen LogP) is 0.105. The number of rotatable bonds is 6. The molecule has 0 saturated carbocycles. The van der Waals surface area contributed by atoms with E-state index in [1.165, 1.54) is 25.3 Å². The van der Waals surface area contributed by atoms with Crippen molar-refractivity contribution in [2.75, 3.05) is 19.5 Å². The van der Waals surface area contributed by atoms with Gasteiger partial charge >= 0.3 is 5.97 Å². The second kappa shape index (κ2) is 6.69. The molecule has 0 aromatic heterocycles. The number of anilines is 1. The third-order valence-corrected chi connectivity index (χ3v) is 4.35. The van der Waals surface area contributed by atoms with Crippen LogP contribution in [0.1, 0.15) is 23.7 Å². The molecule has 1 rings (SSSR count). The van der Waals surface area contributed by atoms with E-state index in [1.807, 2.05) is 0 Å². The number of hydrogen-bond donors (Lipinski definition) is 3. The topological polar surface area (TPSA) is 119 Å². The lowest BCUT2D eigenvalue weighted by atomic mass is 10.2. The summed E-state index contributed by atoms with van der Waals surface area (Å²) in [5.74, 6) is -0.601. The van der Waals surface area contributed by atoms with Crippen molar-refractivity contribution in [3.8, 4) is 0 Å². The first kappa shape index (κ1) is 16.4. The van der Waals surface area contributed by atoms with Crippen LogP contribution in [0.4, 0.5) is 5.69 Å². The van der Waals surface area contributed by atoms with Crippen molar-refractivity contribution in [2.24, 2.45) is 0 Å². The SMILES string of the molecule is CC[C@@H](CO)NS(=O)(=O)c1ccc(C(=O)OC)cc1N. The summed E-state index contributed by atoms with van der Waals surface area (Å²) in [4.78, 5) is 11.2. The summed E-state index contributed by atoms with van der Waals surface area (Å²) in [7, 11) is -2.63. The Hall–Kier alpha value is -1.64.